The monoisotopic (exact) mass is 406 g/mol. The number of aliphatic hydroxyl groups is 1. The maximum Gasteiger partial charge on any atom is 0.294 e. The minimum Gasteiger partial charge on any atom is -0.372 e. The second kappa shape index (κ2) is 16.8. The Kier molecular flexibility index (Phi) is 16.7. The highest BCUT2D eigenvalue weighted by Crippen LogP contribution is 2.28. The molecular formula is C22H46O4S. The minimum atomic E-state index is -4.42. The van der Waals surface area contributed by atoms with Gasteiger partial charge in [0.2, 0.25) is 0 Å². The Hall–Kier alpha value is -0.130. The van der Waals surface area contributed by atoms with Gasteiger partial charge in [0.25, 0.3) is 10.1 Å². The number of hydrogen-bond acceptors (Lipinski definition) is 3. The van der Waals surface area contributed by atoms with Crippen molar-refractivity contribution in [1.82, 2.24) is 0 Å². The molecule has 0 radical (unpaired) electrons. The van der Waals surface area contributed by atoms with Crippen LogP contribution < -0.4 is 0 Å². The molecule has 0 saturated heterocycles. The van der Waals surface area contributed by atoms with Crippen molar-refractivity contribution >= 4 is 10.1 Å². The number of unbranched alkanes of at least 4 members (excludes halogenated alkanes) is 15. The summed E-state index contributed by atoms with van der Waals surface area (Å²) in [5.41, 5.74) is 0. The molecule has 1 unspecified atom stereocenters. The zero-order valence-electron chi connectivity index (χ0n) is 18.1. The van der Waals surface area contributed by atoms with E-state index in [9.17, 15) is 18.1 Å². The molecule has 0 amide bonds. The standard InChI is InChI=1S/C22H46O4S/c1-3-5-7-9-11-12-13-14-15-17-19-21-22(23,27(24,25)26)20-18-16-10-8-6-4-2/h23H,3-21H2,1-2H3,(H,24,25,26). The first-order valence-corrected chi connectivity index (χ1v) is 13.0. The molecule has 0 aliphatic carbocycles. The highest BCUT2D eigenvalue weighted by Gasteiger charge is 2.39. The third-order valence-corrected chi connectivity index (χ3v) is 6.94. The Morgan fingerprint density at radius 1 is 0.556 bits per heavy atom. The van der Waals surface area contributed by atoms with E-state index in [1.54, 1.807) is 0 Å². The Morgan fingerprint density at radius 2 is 0.815 bits per heavy atom. The lowest BCUT2D eigenvalue weighted by molar-refractivity contribution is 0.0884. The summed E-state index contributed by atoms with van der Waals surface area (Å²) in [6.45, 7) is 4.39. The molecule has 0 aliphatic heterocycles. The van der Waals surface area contributed by atoms with E-state index in [1.807, 2.05) is 0 Å². The Labute approximate surface area is 169 Å². The first-order valence-electron chi connectivity index (χ1n) is 11.6. The second-order valence-electron chi connectivity index (χ2n) is 8.22. The lowest BCUT2D eigenvalue weighted by atomic mass is 10.0. The first-order chi connectivity index (χ1) is 12.9. The van der Waals surface area contributed by atoms with E-state index in [4.69, 9.17) is 0 Å². The molecule has 0 bridgehead atoms. The lowest BCUT2D eigenvalue weighted by Gasteiger charge is -2.24. The van der Waals surface area contributed by atoms with Crippen molar-refractivity contribution in [1.29, 1.82) is 0 Å². The predicted molar refractivity (Wildman–Crippen MR) is 116 cm³/mol. The van der Waals surface area contributed by atoms with Crippen LogP contribution in [0.3, 0.4) is 0 Å². The van der Waals surface area contributed by atoms with Crippen molar-refractivity contribution in [2.75, 3.05) is 0 Å². The summed E-state index contributed by atoms with van der Waals surface area (Å²) in [5.74, 6) is 0. The van der Waals surface area contributed by atoms with Gasteiger partial charge in [-0.25, -0.2) is 0 Å². The van der Waals surface area contributed by atoms with Crippen molar-refractivity contribution in [3.05, 3.63) is 0 Å². The van der Waals surface area contributed by atoms with Gasteiger partial charge in [-0.1, -0.05) is 110 Å². The van der Waals surface area contributed by atoms with E-state index in [2.05, 4.69) is 13.8 Å². The SMILES string of the molecule is CCCCCCCCCCCCCC(O)(CCCCCCCC)S(=O)(=O)O. The highest BCUT2D eigenvalue weighted by atomic mass is 32.2. The summed E-state index contributed by atoms with van der Waals surface area (Å²) in [6, 6.07) is 0. The molecule has 164 valence electrons. The summed E-state index contributed by atoms with van der Waals surface area (Å²) in [4.78, 5) is -1.95. The third kappa shape index (κ3) is 14.5. The smallest absolute Gasteiger partial charge is 0.294 e. The molecule has 0 aliphatic rings. The Balaban J connectivity index is 3.85. The minimum absolute atomic E-state index is 0.149. The van der Waals surface area contributed by atoms with Gasteiger partial charge in [-0.15, -0.1) is 0 Å². The maximum absolute atomic E-state index is 11.6. The van der Waals surface area contributed by atoms with Crippen LogP contribution in [0.1, 0.15) is 136 Å². The summed E-state index contributed by atoms with van der Waals surface area (Å²) >= 11 is 0. The molecule has 0 fully saturated rings. The molecule has 1 atom stereocenters. The van der Waals surface area contributed by atoms with E-state index in [0.717, 1.165) is 32.1 Å². The van der Waals surface area contributed by atoms with Gasteiger partial charge in [0.1, 0.15) is 0 Å². The van der Waals surface area contributed by atoms with Crippen LogP contribution >= 0.6 is 0 Å². The van der Waals surface area contributed by atoms with Crippen molar-refractivity contribution in [3.63, 3.8) is 0 Å². The predicted octanol–water partition coefficient (Wildman–Crippen LogP) is 7.01. The van der Waals surface area contributed by atoms with E-state index in [1.165, 1.54) is 64.2 Å². The topological polar surface area (TPSA) is 74.6 Å². The van der Waals surface area contributed by atoms with Crippen LogP contribution in [0.15, 0.2) is 0 Å². The average Bonchev–Trinajstić information content (AvgIpc) is 2.61. The van der Waals surface area contributed by atoms with Crippen molar-refractivity contribution < 1.29 is 18.1 Å². The molecule has 0 spiro atoms. The van der Waals surface area contributed by atoms with Crippen LogP contribution in [0.5, 0.6) is 0 Å². The fourth-order valence-electron chi connectivity index (χ4n) is 3.63. The van der Waals surface area contributed by atoms with Crippen molar-refractivity contribution in [3.8, 4) is 0 Å². The van der Waals surface area contributed by atoms with Gasteiger partial charge in [0.15, 0.2) is 4.93 Å². The normalized spacial score (nSPS) is 14.4. The molecule has 0 aromatic carbocycles. The first kappa shape index (κ1) is 26.9. The molecule has 2 N–H and O–H groups in total. The summed E-state index contributed by atoms with van der Waals surface area (Å²) < 4.78 is 32.7. The number of hydrogen-bond donors (Lipinski definition) is 2. The molecule has 0 heterocycles. The van der Waals surface area contributed by atoms with Crippen molar-refractivity contribution in [2.24, 2.45) is 0 Å². The average molecular weight is 407 g/mol. The lowest BCUT2D eigenvalue weighted by Crippen LogP contribution is -2.38. The van der Waals surface area contributed by atoms with Crippen LogP contribution in [0.2, 0.25) is 0 Å². The zero-order valence-corrected chi connectivity index (χ0v) is 18.9. The van der Waals surface area contributed by atoms with Crippen LogP contribution in [0.25, 0.3) is 0 Å². The molecule has 0 aromatic rings. The Bertz CT molecular complexity index is 422. The van der Waals surface area contributed by atoms with Gasteiger partial charge >= 0.3 is 0 Å². The van der Waals surface area contributed by atoms with Gasteiger partial charge in [-0.2, -0.15) is 8.42 Å². The fourth-order valence-corrected chi connectivity index (χ4v) is 4.43. The van der Waals surface area contributed by atoms with Gasteiger partial charge in [0.05, 0.1) is 0 Å². The van der Waals surface area contributed by atoms with Crippen LogP contribution in [0.4, 0.5) is 0 Å². The molecule has 27 heavy (non-hydrogen) atoms. The van der Waals surface area contributed by atoms with Crippen LogP contribution in [-0.2, 0) is 10.1 Å². The maximum atomic E-state index is 11.6. The van der Waals surface area contributed by atoms with Crippen LogP contribution in [0, 0.1) is 0 Å². The summed E-state index contributed by atoms with van der Waals surface area (Å²) in [6.07, 6.45) is 19.4. The van der Waals surface area contributed by atoms with Gasteiger partial charge < -0.3 is 5.11 Å². The summed E-state index contributed by atoms with van der Waals surface area (Å²) in [7, 11) is -4.42. The van der Waals surface area contributed by atoms with Gasteiger partial charge in [-0.3, -0.25) is 4.55 Å². The second-order valence-corrected chi connectivity index (χ2v) is 9.93. The third-order valence-electron chi connectivity index (χ3n) is 5.57. The fraction of sp³-hybridized carbons (Fsp3) is 1.00. The van der Waals surface area contributed by atoms with Gasteiger partial charge in [-0.05, 0) is 25.7 Å². The van der Waals surface area contributed by atoms with Gasteiger partial charge in [0, 0.05) is 0 Å². The molecule has 0 aromatic heterocycles. The molecule has 4 nitrogen and oxygen atoms in total. The molecule has 0 rings (SSSR count). The molecular weight excluding hydrogens is 360 g/mol. The van der Waals surface area contributed by atoms with E-state index in [0.29, 0.717) is 12.8 Å². The Morgan fingerprint density at radius 3 is 1.07 bits per heavy atom. The van der Waals surface area contributed by atoms with Crippen molar-refractivity contribution in [2.45, 2.75) is 141 Å². The quantitative estimate of drug-likeness (QED) is 0.168. The van der Waals surface area contributed by atoms with Crippen LogP contribution in [-0.4, -0.2) is 23.0 Å². The largest absolute Gasteiger partial charge is 0.372 e. The van der Waals surface area contributed by atoms with E-state index in [-0.39, 0.29) is 12.8 Å². The highest BCUT2D eigenvalue weighted by molar-refractivity contribution is 7.87. The van der Waals surface area contributed by atoms with E-state index >= 15 is 0 Å². The summed E-state index contributed by atoms with van der Waals surface area (Å²) in [5, 5.41) is 10.5. The number of rotatable bonds is 20. The van der Waals surface area contributed by atoms with E-state index < -0.39 is 15.1 Å². The zero-order chi connectivity index (χ0) is 20.4. The molecule has 5 heteroatoms. The molecule has 0 saturated carbocycles.